The molecule has 1 fully saturated rings. The van der Waals surface area contributed by atoms with Crippen molar-refractivity contribution < 1.29 is 13.2 Å². The van der Waals surface area contributed by atoms with Crippen LogP contribution >= 0.6 is 0 Å². The lowest BCUT2D eigenvalue weighted by atomic mass is 10.1. The van der Waals surface area contributed by atoms with Crippen molar-refractivity contribution in [2.45, 2.75) is 31.8 Å². The zero-order valence-electron chi connectivity index (χ0n) is 12.3. The van der Waals surface area contributed by atoms with Gasteiger partial charge in [-0.25, -0.2) is 0 Å². The van der Waals surface area contributed by atoms with Crippen LogP contribution in [0, 0.1) is 0 Å². The van der Waals surface area contributed by atoms with Gasteiger partial charge in [0.1, 0.15) is 0 Å². The summed E-state index contributed by atoms with van der Waals surface area (Å²) >= 11 is 0. The maximum absolute atomic E-state index is 12.3. The topological polar surface area (TPSA) is 61.9 Å². The number of hydrogen-bond donors (Lipinski definition) is 1. The second-order valence-corrected chi connectivity index (χ2v) is 7.20. The van der Waals surface area contributed by atoms with Crippen molar-refractivity contribution in [3.63, 3.8) is 0 Å². The highest BCUT2D eigenvalue weighted by Gasteiger charge is 2.26. The van der Waals surface area contributed by atoms with Gasteiger partial charge in [-0.05, 0) is 39.3 Å². The molecule has 6 nitrogen and oxygen atoms in total. The lowest BCUT2D eigenvalue weighted by Crippen LogP contribution is -2.44. The summed E-state index contributed by atoms with van der Waals surface area (Å²) in [5.74, 6) is 0. The number of nitrogens with zero attached hydrogens (tertiary/aromatic N) is 2. The molecule has 19 heavy (non-hydrogen) atoms. The highest BCUT2D eigenvalue weighted by atomic mass is 32.2. The predicted molar refractivity (Wildman–Crippen MR) is 76.3 cm³/mol. The van der Waals surface area contributed by atoms with E-state index in [2.05, 4.69) is 5.32 Å². The molecular formula is C12H27N3O3S. The molecule has 0 aromatic heterocycles. The lowest BCUT2D eigenvalue weighted by Gasteiger charge is -2.29. The van der Waals surface area contributed by atoms with Crippen molar-refractivity contribution in [1.82, 2.24) is 13.9 Å². The molecule has 1 aliphatic heterocycles. The van der Waals surface area contributed by atoms with E-state index in [0.29, 0.717) is 13.1 Å². The second-order valence-electron chi connectivity index (χ2n) is 5.06. The summed E-state index contributed by atoms with van der Waals surface area (Å²) in [6.07, 6.45) is 4.00. The molecule has 1 unspecified atom stereocenters. The van der Waals surface area contributed by atoms with E-state index in [1.165, 1.54) is 8.61 Å². The average Bonchev–Trinajstić information content (AvgIpc) is 2.40. The Hall–Kier alpha value is -0.210. The van der Waals surface area contributed by atoms with Crippen LogP contribution in [0.2, 0.25) is 0 Å². The first-order valence-electron chi connectivity index (χ1n) is 6.92. The van der Waals surface area contributed by atoms with E-state index < -0.39 is 10.2 Å². The highest BCUT2D eigenvalue weighted by Crippen LogP contribution is 2.15. The monoisotopic (exact) mass is 293 g/mol. The molecule has 1 heterocycles. The van der Waals surface area contributed by atoms with E-state index in [9.17, 15) is 8.42 Å². The molecule has 0 aromatic carbocycles. The number of hydrogen-bond acceptors (Lipinski definition) is 4. The largest absolute Gasteiger partial charge is 0.377 e. The molecule has 0 radical (unpaired) electrons. The minimum absolute atomic E-state index is 0.0410. The van der Waals surface area contributed by atoms with Crippen LogP contribution in [0.1, 0.15) is 25.7 Å². The molecule has 1 rings (SSSR count). The van der Waals surface area contributed by atoms with Crippen LogP contribution in [0.5, 0.6) is 0 Å². The van der Waals surface area contributed by atoms with Gasteiger partial charge in [-0.2, -0.15) is 17.0 Å². The number of likely N-dealkylation sites (N-methyl/N-ethyl adjacent to an activating group) is 1. The summed E-state index contributed by atoms with van der Waals surface area (Å²) in [5.41, 5.74) is 0. The maximum Gasteiger partial charge on any atom is 0.281 e. The van der Waals surface area contributed by atoms with E-state index >= 15 is 0 Å². The molecule has 0 bridgehead atoms. The molecule has 0 amide bonds. The molecule has 1 N–H and O–H groups in total. The molecule has 7 heteroatoms. The van der Waals surface area contributed by atoms with E-state index in [1.54, 1.807) is 14.1 Å². The Bertz CT molecular complexity index is 342. The SMILES string of the molecule is CNCCCN(C)S(=O)(=O)N(C)CC1CCCCO1. The van der Waals surface area contributed by atoms with Gasteiger partial charge in [-0.15, -0.1) is 0 Å². The van der Waals surface area contributed by atoms with Crippen LogP contribution in [0.25, 0.3) is 0 Å². The average molecular weight is 293 g/mol. The zero-order chi connectivity index (χ0) is 14.3. The fraction of sp³-hybridized carbons (Fsp3) is 1.00. The van der Waals surface area contributed by atoms with Crippen LogP contribution in [0.15, 0.2) is 0 Å². The minimum Gasteiger partial charge on any atom is -0.377 e. The quantitative estimate of drug-likeness (QED) is 0.653. The normalized spacial score (nSPS) is 21.2. The lowest BCUT2D eigenvalue weighted by molar-refractivity contribution is 0.00805. The summed E-state index contributed by atoms with van der Waals surface area (Å²) in [5, 5.41) is 3.01. The van der Waals surface area contributed by atoms with Crippen LogP contribution in [-0.2, 0) is 14.9 Å². The van der Waals surface area contributed by atoms with Gasteiger partial charge in [-0.3, -0.25) is 0 Å². The van der Waals surface area contributed by atoms with Gasteiger partial charge in [0, 0.05) is 33.8 Å². The van der Waals surface area contributed by atoms with Gasteiger partial charge >= 0.3 is 0 Å². The smallest absolute Gasteiger partial charge is 0.281 e. The highest BCUT2D eigenvalue weighted by molar-refractivity contribution is 7.86. The van der Waals surface area contributed by atoms with Gasteiger partial charge in [0.15, 0.2) is 0 Å². The third-order valence-electron chi connectivity index (χ3n) is 3.42. The third kappa shape index (κ3) is 5.35. The molecule has 0 aliphatic carbocycles. The van der Waals surface area contributed by atoms with Crippen LogP contribution in [0.4, 0.5) is 0 Å². The standard InChI is InChI=1S/C12H27N3O3S/c1-13-8-6-9-14(2)19(16,17)15(3)11-12-7-4-5-10-18-12/h12-13H,4-11H2,1-3H3. The van der Waals surface area contributed by atoms with Crippen molar-refractivity contribution in [3.8, 4) is 0 Å². The Kier molecular flexibility index (Phi) is 7.23. The Morgan fingerprint density at radius 3 is 2.58 bits per heavy atom. The van der Waals surface area contributed by atoms with Crippen molar-refractivity contribution >= 4 is 10.2 Å². The summed E-state index contributed by atoms with van der Waals surface area (Å²) in [6.45, 7) is 2.53. The summed E-state index contributed by atoms with van der Waals surface area (Å²) in [7, 11) is 1.76. The Morgan fingerprint density at radius 1 is 1.26 bits per heavy atom. The molecule has 0 saturated carbocycles. The third-order valence-corrected chi connectivity index (χ3v) is 5.33. The van der Waals surface area contributed by atoms with E-state index in [1.807, 2.05) is 7.05 Å². The minimum atomic E-state index is -3.36. The summed E-state index contributed by atoms with van der Waals surface area (Å²) < 4.78 is 33.0. The Balaban J connectivity index is 2.45. The van der Waals surface area contributed by atoms with Crippen molar-refractivity contribution in [2.75, 3.05) is 47.4 Å². The van der Waals surface area contributed by atoms with Gasteiger partial charge in [0.05, 0.1) is 6.10 Å². The first-order chi connectivity index (χ1) is 8.98. The van der Waals surface area contributed by atoms with Crippen molar-refractivity contribution in [2.24, 2.45) is 0 Å². The summed E-state index contributed by atoms with van der Waals surface area (Å²) in [6, 6.07) is 0. The van der Waals surface area contributed by atoms with E-state index in [-0.39, 0.29) is 6.10 Å². The molecule has 0 spiro atoms. The first kappa shape index (κ1) is 16.8. The fourth-order valence-corrected chi connectivity index (χ4v) is 3.35. The number of nitrogens with one attached hydrogen (secondary N) is 1. The van der Waals surface area contributed by atoms with Gasteiger partial charge < -0.3 is 10.1 Å². The number of rotatable bonds is 8. The maximum atomic E-state index is 12.3. The van der Waals surface area contributed by atoms with Crippen LogP contribution in [0.3, 0.4) is 0 Å². The molecule has 1 saturated heterocycles. The molecule has 1 atom stereocenters. The van der Waals surface area contributed by atoms with Gasteiger partial charge in [0.25, 0.3) is 10.2 Å². The molecule has 114 valence electrons. The molecular weight excluding hydrogens is 266 g/mol. The van der Waals surface area contributed by atoms with Crippen molar-refractivity contribution in [1.29, 1.82) is 0 Å². The van der Waals surface area contributed by atoms with E-state index in [0.717, 1.165) is 38.8 Å². The summed E-state index contributed by atoms with van der Waals surface area (Å²) in [4.78, 5) is 0. The molecule has 0 aromatic rings. The van der Waals surface area contributed by atoms with Gasteiger partial charge in [0.2, 0.25) is 0 Å². The van der Waals surface area contributed by atoms with Crippen LogP contribution in [-0.4, -0.2) is 70.5 Å². The zero-order valence-corrected chi connectivity index (χ0v) is 13.1. The first-order valence-corrected chi connectivity index (χ1v) is 8.32. The Labute approximate surface area is 117 Å². The predicted octanol–water partition coefficient (Wildman–Crippen LogP) is 0.273. The molecule has 1 aliphatic rings. The van der Waals surface area contributed by atoms with Crippen molar-refractivity contribution in [3.05, 3.63) is 0 Å². The number of ether oxygens (including phenoxy) is 1. The van der Waals surface area contributed by atoms with Gasteiger partial charge in [-0.1, -0.05) is 0 Å². The van der Waals surface area contributed by atoms with Crippen LogP contribution < -0.4 is 5.32 Å². The van der Waals surface area contributed by atoms with E-state index in [4.69, 9.17) is 4.74 Å². The second kappa shape index (κ2) is 8.16. The fourth-order valence-electron chi connectivity index (χ4n) is 2.16. The Morgan fingerprint density at radius 2 is 2.00 bits per heavy atom.